The number of sulfone groups is 1. The van der Waals surface area contributed by atoms with Gasteiger partial charge in [-0.3, -0.25) is 4.79 Å². The van der Waals surface area contributed by atoms with Crippen molar-refractivity contribution in [3.8, 4) is 0 Å². The average molecular weight is 221 g/mol. The van der Waals surface area contributed by atoms with Crippen molar-refractivity contribution in [1.29, 1.82) is 0 Å². The van der Waals surface area contributed by atoms with Crippen molar-refractivity contribution in [2.24, 2.45) is 5.73 Å². The Morgan fingerprint density at radius 3 is 2.00 bits per heavy atom. The van der Waals surface area contributed by atoms with E-state index in [0.29, 0.717) is 12.8 Å². The van der Waals surface area contributed by atoms with Gasteiger partial charge in [0.05, 0.1) is 11.3 Å². The van der Waals surface area contributed by atoms with Crippen LogP contribution in [0.3, 0.4) is 0 Å². The van der Waals surface area contributed by atoms with Gasteiger partial charge in [-0.1, -0.05) is 13.8 Å². The van der Waals surface area contributed by atoms with Gasteiger partial charge in [0.1, 0.15) is 9.84 Å². The summed E-state index contributed by atoms with van der Waals surface area (Å²) in [6.07, 6.45) is 2.24. The quantitative estimate of drug-likeness (QED) is 0.709. The van der Waals surface area contributed by atoms with Crippen molar-refractivity contribution in [2.75, 3.05) is 12.0 Å². The van der Waals surface area contributed by atoms with Crippen LogP contribution in [0.1, 0.15) is 33.1 Å². The Bertz CT molecular complexity index is 291. The van der Waals surface area contributed by atoms with Crippen molar-refractivity contribution >= 4 is 15.6 Å². The Labute approximate surface area is 85.8 Å². The minimum absolute atomic E-state index is 0.0248. The maximum absolute atomic E-state index is 11.6. The summed E-state index contributed by atoms with van der Waals surface area (Å²) in [5.74, 6) is -0.266. The molecule has 2 N–H and O–H groups in total. The van der Waals surface area contributed by atoms with Crippen LogP contribution in [0.2, 0.25) is 0 Å². The maximum atomic E-state index is 11.6. The molecular weight excluding hydrogens is 202 g/mol. The molecule has 0 amide bonds. The molecule has 5 heteroatoms. The lowest BCUT2D eigenvalue weighted by Crippen LogP contribution is -2.47. The van der Waals surface area contributed by atoms with Crippen LogP contribution < -0.4 is 5.73 Å². The molecule has 0 aliphatic carbocycles. The molecule has 0 aromatic carbocycles. The first kappa shape index (κ1) is 13.6. The molecule has 0 aromatic rings. The SMILES string of the molecule is CCC(N)(CC)C(=O)CCS(C)(=O)=O. The minimum atomic E-state index is -3.07. The van der Waals surface area contributed by atoms with Crippen molar-refractivity contribution < 1.29 is 13.2 Å². The van der Waals surface area contributed by atoms with Gasteiger partial charge in [0.25, 0.3) is 0 Å². The molecule has 0 heterocycles. The molecule has 0 saturated carbocycles. The summed E-state index contributed by atoms with van der Waals surface area (Å²) >= 11 is 0. The van der Waals surface area contributed by atoms with Crippen LogP contribution in [-0.2, 0) is 14.6 Å². The molecule has 0 spiro atoms. The molecule has 0 atom stereocenters. The molecule has 0 saturated heterocycles. The molecule has 4 nitrogen and oxygen atoms in total. The minimum Gasteiger partial charge on any atom is -0.319 e. The predicted molar refractivity (Wildman–Crippen MR) is 56.8 cm³/mol. The van der Waals surface area contributed by atoms with Crippen molar-refractivity contribution in [2.45, 2.75) is 38.6 Å². The van der Waals surface area contributed by atoms with Crippen LogP contribution >= 0.6 is 0 Å². The number of ketones is 1. The summed E-state index contributed by atoms with van der Waals surface area (Å²) in [5.41, 5.74) is 4.98. The summed E-state index contributed by atoms with van der Waals surface area (Å²) in [6.45, 7) is 3.67. The number of carbonyl (C=O) groups is 1. The zero-order valence-electron chi connectivity index (χ0n) is 9.04. The van der Waals surface area contributed by atoms with Gasteiger partial charge in [-0.15, -0.1) is 0 Å². The number of nitrogens with two attached hydrogens (primary N) is 1. The van der Waals surface area contributed by atoms with E-state index >= 15 is 0 Å². The highest BCUT2D eigenvalue weighted by Crippen LogP contribution is 2.14. The highest BCUT2D eigenvalue weighted by atomic mass is 32.2. The van der Waals surface area contributed by atoms with E-state index in [1.807, 2.05) is 13.8 Å². The van der Waals surface area contributed by atoms with E-state index in [2.05, 4.69) is 0 Å². The van der Waals surface area contributed by atoms with Crippen molar-refractivity contribution in [1.82, 2.24) is 0 Å². The smallest absolute Gasteiger partial charge is 0.153 e. The Morgan fingerprint density at radius 2 is 1.71 bits per heavy atom. The van der Waals surface area contributed by atoms with E-state index in [-0.39, 0.29) is 18.0 Å². The van der Waals surface area contributed by atoms with Gasteiger partial charge in [-0.2, -0.15) is 0 Å². The fraction of sp³-hybridized carbons (Fsp3) is 0.889. The molecule has 84 valence electrons. The predicted octanol–water partition coefficient (Wildman–Crippen LogP) is 0.508. The van der Waals surface area contributed by atoms with Crippen LogP contribution in [-0.4, -0.2) is 31.7 Å². The number of rotatable bonds is 6. The van der Waals surface area contributed by atoms with Gasteiger partial charge in [0.2, 0.25) is 0 Å². The van der Waals surface area contributed by atoms with Crippen molar-refractivity contribution in [3.05, 3.63) is 0 Å². The van der Waals surface area contributed by atoms with E-state index in [9.17, 15) is 13.2 Å². The fourth-order valence-corrected chi connectivity index (χ4v) is 1.73. The monoisotopic (exact) mass is 221 g/mol. The lowest BCUT2D eigenvalue weighted by Gasteiger charge is -2.24. The Hall–Kier alpha value is -0.420. The highest BCUT2D eigenvalue weighted by molar-refractivity contribution is 7.90. The topological polar surface area (TPSA) is 77.2 Å². The first-order valence-corrected chi connectivity index (χ1v) is 6.81. The van der Waals surface area contributed by atoms with Gasteiger partial charge >= 0.3 is 0 Å². The Balaban J connectivity index is 4.35. The molecular formula is C9H19NO3S. The first-order chi connectivity index (χ1) is 6.25. The second-order valence-corrected chi connectivity index (χ2v) is 5.93. The molecule has 0 aliphatic heterocycles. The molecule has 14 heavy (non-hydrogen) atoms. The molecule has 0 aromatic heterocycles. The number of Topliss-reactive ketones (excluding diaryl/α,β-unsaturated/α-hetero) is 1. The zero-order chi connectivity index (χ0) is 11.4. The second kappa shape index (κ2) is 4.89. The number of carbonyl (C=O) groups excluding carboxylic acids is 1. The van der Waals surface area contributed by atoms with Gasteiger partial charge < -0.3 is 5.73 Å². The number of hydrogen-bond donors (Lipinski definition) is 1. The maximum Gasteiger partial charge on any atom is 0.153 e. The lowest BCUT2D eigenvalue weighted by atomic mass is 9.88. The third-order valence-electron chi connectivity index (χ3n) is 2.52. The molecule has 0 bridgehead atoms. The first-order valence-electron chi connectivity index (χ1n) is 4.75. The van der Waals surface area contributed by atoms with E-state index < -0.39 is 15.4 Å². The summed E-state index contributed by atoms with van der Waals surface area (Å²) in [4.78, 5) is 11.6. The number of hydrogen-bond acceptors (Lipinski definition) is 4. The van der Waals surface area contributed by atoms with Crippen LogP contribution in [0.15, 0.2) is 0 Å². The van der Waals surface area contributed by atoms with Gasteiger partial charge in [-0.05, 0) is 12.8 Å². The summed E-state index contributed by atoms with van der Waals surface area (Å²) < 4.78 is 21.7. The summed E-state index contributed by atoms with van der Waals surface area (Å²) in [6, 6.07) is 0. The molecule has 0 unspecified atom stereocenters. The zero-order valence-corrected chi connectivity index (χ0v) is 9.86. The lowest BCUT2D eigenvalue weighted by molar-refractivity contribution is -0.124. The summed E-state index contributed by atoms with van der Waals surface area (Å²) in [5, 5.41) is 0. The standard InChI is InChI=1S/C9H19NO3S/c1-4-9(10,5-2)8(11)6-7-14(3,12)13/h4-7,10H2,1-3H3. The largest absolute Gasteiger partial charge is 0.319 e. The Kier molecular flexibility index (Phi) is 4.74. The molecule has 0 radical (unpaired) electrons. The molecule has 0 rings (SSSR count). The van der Waals surface area contributed by atoms with E-state index in [0.717, 1.165) is 6.26 Å². The van der Waals surface area contributed by atoms with Crippen LogP contribution in [0, 0.1) is 0 Å². The van der Waals surface area contributed by atoms with Gasteiger partial charge in [-0.25, -0.2) is 8.42 Å². The van der Waals surface area contributed by atoms with Gasteiger partial charge in [0, 0.05) is 12.7 Å². The fourth-order valence-electron chi connectivity index (χ4n) is 1.17. The van der Waals surface area contributed by atoms with Crippen LogP contribution in [0.25, 0.3) is 0 Å². The van der Waals surface area contributed by atoms with Crippen LogP contribution in [0.4, 0.5) is 0 Å². The Morgan fingerprint density at radius 1 is 1.29 bits per heavy atom. The van der Waals surface area contributed by atoms with Crippen LogP contribution in [0.5, 0.6) is 0 Å². The second-order valence-electron chi connectivity index (χ2n) is 3.67. The molecule has 0 aliphatic rings. The highest BCUT2D eigenvalue weighted by Gasteiger charge is 2.29. The van der Waals surface area contributed by atoms with E-state index in [1.165, 1.54) is 0 Å². The van der Waals surface area contributed by atoms with Crippen molar-refractivity contribution in [3.63, 3.8) is 0 Å². The molecule has 0 fully saturated rings. The summed E-state index contributed by atoms with van der Waals surface area (Å²) in [7, 11) is -3.07. The van der Waals surface area contributed by atoms with Gasteiger partial charge in [0.15, 0.2) is 5.78 Å². The third-order valence-corrected chi connectivity index (χ3v) is 3.46. The van der Waals surface area contributed by atoms with E-state index in [1.54, 1.807) is 0 Å². The van der Waals surface area contributed by atoms with E-state index in [4.69, 9.17) is 5.73 Å². The average Bonchev–Trinajstić information content (AvgIpc) is 2.11. The normalized spacial score (nSPS) is 12.9. The third kappa shape index (κ3) is 4.19.